The van der Waals surface area contributed by atoms with E-state index >= 15 is 0 Å². The summed E-state index contributed by atoms with van der Waals surface area (Å²) in [5.74, 6) is 0. The Balaban J connectivity index is 2.02. The maximum Gasteiger partial charge on any atom is 0.270 e. The zero-order valence-electron chi connectivity index (χ0n) is 15.3. The Labute approximate surface area is 155 Å². The third-order valence-electron chi connectivity index (χ3n) is 5.59. The molecule has 1 saturated heterocycles. The van der Waals surface area contributed by atoms with Crippen molar-refractivity contribution in [1.82, 2.24) is 4.31 Å². The van der Waals surface area contributed by atoms with Gasteiger partial charge >= 0.3 is 0 Å². The smallest absolute Gasteiger partial charge is 0.270 e. The van der Waals surface area contributed by atoms with Gasteiger partial charge in [-0.15, -0.1) is 0 Å². The van der Waals surface area contributed by atoms with Gasteiger partial charge in [0.2, 0.25) is 10.0 Å². The third kappa shape index (κ3) is 3.86. The molecule has 1 saturated carbocycles. The summed E-state index contributed by atoms with van der Waals surface area (Å²) in [5, 5.41) is 11.2. The van der Waals surface area contributed by atoms with Crippen LogP contribution in [-0.2, 0) is 10.0 Å². The molecule has 3 rings (SSSR count). The van der Waals surface area contributed by atoms with E-state index in [-0.39, 0.29) is 16.6 Å². The predicted octanol–water partition coefficient (Wildman–Crippen LogP) is 3.54. The number of nitrogens with zero attached hydrogens (tertiary/aromatic N) is 3. The highest BCUT2D eigenvalue weighted by atomic mass is 32.2. The second kappa shape index (κ2) is 7.92. The molecule has 0 spiro atoms. The number of sulfonamides is 1. The van der Waals surface area contributed by atoms with E-state index in [4.69, 9.17) is 0 Å². The Morgan fingerprint density at radius 2 is 1.69 bits per heavy atom. The molecule has 1 aromatic carbocycles. The monoisotopic (exact) mass is 381 g/mol. The highest BCUT2D eigenvalue weighted by Crippen LogP contribution is 2.35. The van der Waals surface area contributed by atoms with E-state index in [0.29, 0.717) is 18.8 Å². The second-order valence-corrected chi connectivity index (χ2v) is 9.18. The molecule has 0 atom stereocenters. The molecule has 0 aromatic heterocycles. The van der Waals surface area contributed by atoms with Gasteiger partial charge in [-0.1, -0.05) is 25.7 Å². The van der Waals surface area contributed by atoms with Gasteiger partial charge in [0.25, 0.3) is 5.69 Å². The van der Waals surface area contributed by atoms with Crippen molar-refractivity contribution < 1.29 is 13.3 Å². The van der Waals surface area contributed by atoms with E-state index in [2.05, 4.69) is 0 Å². The van der Waals surface area contributed by atoms with Crippen molar-refractivity contribution in [3.8, 4) is 0 Å². The van der Waals surface area contributed by atoms with E-state index in [1.807, 2.05) is 11.9 Å². The molecule has 1 aliphatic carbocycles. The summed E-state index contributed by atoms with van der Waals surface area (Å²) in [5.41, 5.74) is 0.398. The lowest BCUT2D eigenvalue weighted by molar-refractivity contribution is -0.385. The van der Waals surface area contributed by atoms with Crippen molar-refractivity contribution in [2.75, 3.05) is 25.0 Å². The Morgan fingerprint density at radius 1 is 1.08 bits per heavy atom. The molecule has 1 aliphatic heterocycles. The number of benzene rings is 1. The first kappa shape index (κ1) is 19.1. The minimum atomic E-state index is -3.75. The lowest BCUT2D eigenvalue weighted by Crippen LogP contribution is -2.38. The summed E-state index contributed by atoms with van der Waals surface area (Å²) >= 11 is 0. The van der Waals surface area contributed by atoms with Gasteiger partial charge in [0, 0.05) is 38.3 Å². The topological polar surface area (TPSA) is 83.8 Å². The fourth-order valence-electron chi connectivity index (χ4n) is 4.02. The number of nitro benzene ring substituents is 1. The maximum atomic E-state index is 13.2. The van der Waals surface area contributed by atoms with Crippen molar-refractivity contribution >= 4 is 21.4 Å². The van der Waals surface area contributed by atoms with Crippen molar-refractivity contribution in [1.29, 1.82) is 0 Å². The van der Waals surface area contributed by atoms with Crippen LogP contribution in [0, 0.1) is 10.1 Å². The lowest BCUT2D eigenvalue weighted by Gasteiger charge is -2.35. The molecule has 0 radical (unpaired) electrons. The van der Waals surface area contributed by atoms with Crippen LogP contribution < -0.4 is 4.90 Å². The highest BCUT2D eigenvalue weighted by Gasteiger charge is 2.32. The van der Waals surface area contributed by atoms with Crippen LogP contribution >= 0.6 is 0 Å². The molecule has 2 fully saturated rings. The van der Waals surface area contributed by atoms with Gasteiger partial charge < -0.3 is 4.90 Å². The fourth-order valence-corrected chi connectivity index (χ4v) is 5.79. The minimum Gasteiger partial charge on any atom is -0.371 e. The predicted molar refractivity (Wildman–Crippen MR) is 101 cm³/mol. The molecule has 1 aromatic rings. The molecule has 1 heterocycles. The fraction of sp³-hybridized carbons (Fsp3) is 0.667. The number of anilines is 1. The van der Waals surface area contributed by atoms with Crippen LogP contribution in [0.1, 0.15) is 51.4 Å². The van der Waals surface area contributed by atoms with Crippen LogP contribution in [0.25, 0.3) is 0 Å². The first-order valence-electron chi connectivity index (χ1n) is 9.42. The van der Waals surface area contributed by atoms with Crippen LogP contribution in [0.15, 0.2) is 23.1 Å². The quantitative estimate of drug-likeness (QED) is 0.575. The van der Waals surface area contributed by atoms with Crippen LogP contribution in [0.5, 0.6) is 0 Å². The normalized spacial score (nSPS) is 20.0. The van der Waals surface area contributed by atoms with Crippen LogP contribution in [-0.4, -0.2) is 43.8 Å². The average molecular weight is 381 g/mol. The van der Waals surface area contributed by atoms with Crippen molar-refractivity contribution in [3.05, 3.63) is 28.3 Å². The molecule has 7 nitrogen and oxygen atoms in total. The van der Waals surface area contributed by atoms with Gasteiger partial charge in [-0.25, -0.2) is 8.42 Å². The van der Waals surface area contributed by atoms with Gasteiger partial charge in [-0.05, 0) is 31.7 Å². The van der Waals surface area contributed by atoms with E-state index in [1.54, 1.807) is 6.07 Å². The molecule has 0 bridgehead atoms. The Kier molecular flexibility index (Phi) is 5.82. The first-order valence-corrected chi connectivity index (χ1v) is 10.9. The van der Waals surface area contributed by atoms with Crippen LogP contribution in [0.3, 0.4) is 0 Å². The number of rotatable bonds is 5. The third-order valence-corrected chi connectivity index (χ3v) is 7.52. The number of nitro groups is 1. The molecule has 0 unspecified atom stereocenters. The molecular formula is C18H27N3O4S. The summed E-state index contributed by atoms with van der Waals surface area (Å²) in [7, 11) is -1.84. The second-order valence-electron chi connectivity index (χ2n) is 7.28. The summed E-state index contributed by atoms with van der Waals surface area (Å²) in [4.78, 5) is 12.8. The number of piperidine rings is 1. The zero-order valence-corrected chi connectivity index (χ0v) is 16.1. The summed E-state index contributed by atoms with van der Waals surface area (Å²) in [6.07, 6.45) is 8.23. The van der Waals surface area contributed by atoms with Gasteiger partial charge in [0.15, 0.2) is 0 Å². The van der Waals surface area contributed by atoms with Gasteiger partial charge in [0.1, 0.15) is 4.90 Å². The van der Waals surface area contributed by atoms with E-state index < -0.39 is 14.9 Å². The van der Waals surface area contributed by atoms with Gasteiger partial charge in [-0.2, -0.15) is 4.31 Å². The summed E-state index contributed by atoms with van der Waals surface area (Å²) < 4.78 is 28.0. The van der Waals surface area contributed by atoms with E-state index in [1.165, 1.54) is 22.9 Å². The minimum absolute atomic E-state index is 0.0710. The molecule has 144 valence electrons. The Hall–Kier alpha value is -1.67. The van der Waals surface area contributed by atoms with Gasteiger partial charge in [-0.3, -0.25) is 10.1 Å². The van der Waals surface area contributed by atoms with Crippen LogP contribution in [0.2, 0.25) is 0 Å². The van der Waals surface area contributed by atoms with Crippen molar-refractivity contribution in [3.63, 3.8) is 0 Å². The summed E-state index contributed by atoms with van der Waals surface area (Å²) in [6.45, 7) is 0.967. The van der Waals surface area contributed by atoms with Gasteiger partial charge in [0.05, 0.1) is 10.6 Å². The first-order chi connectivity index (χ1) is 12.4. The number of hydrogen-bond donors (Lipinski definition) is 0. The molecular weight excluding hydrogens is 354 g/mol. The molecule has 2 aliphatic rings. The standard InChI is InChI=1S/C18H27N3O4S/c1-19(15-8-4-2-5-9-15)17-11-10-16(21(22)23)14-18(17)26(24,25)20-12-6-3-7-13-20/h10-11,14-15H,2-9,12-13H2,1H3. The van der Waals surface area contributed by atoms with Crippen molar-refractivity contribution in [2.45, 2.75) is 62.3 Å². The van der Waals surface area contributed by atoms with Crippen molar-refractivity contribution in [2.24, 2.45) is 0 Å². The summed E-state index contributed by atoms with van der Waals surface area (Å²) in [6, 6.07) is 4.52. The molecule has 0 N–H and O–H groups in total. The number of non-ortho nitro benzene ring substituents is 1. The Bertz CT molecular complexity index is 754. The molecule has 0 amide bonds. The van der Waals surface area contributed by atoms with E-state index in [9.17, 15) is 18.5 Å². The SMILES string of the molecule is CN(c1ccc([N+](=O)[O-])cc1S(=O)(=O)N1CCCCC1)C1CCCCC1. The molecule has 8 heteroatoms. The largest absolute Gasteiger partial charge is 0.371 e. The number of hydrogen-bond acceptors (Lipinski definition) is 5. The maximum absolute atomic E-state index is 13.2. The average Bonchev–Trinajstić information content (AvgIpc) is 2.68. The highest BCUT2D eigenvalue weighted by molar-refractivity contribution is 7.89. The molecule has 26 heavy (non-hydrogen) atoms. The lowest BCUT2D eigenvalue weighted by atomic mass is 9.94. The Morgan fingerprint density at radius 3 is 2.31 bits per heavy atom. The van der Waals surface area contributed by atoms with E-state index in [0.717, 1.165) is 44.9 Å². The van der Waals surface area contributed by atoms with Crippen LogP contribution in [0.4, 0.5) is 11.4 Å². The zero-order chi connectivity index (χ0) is 18.7.